The number of aryl methyl sites for hydroxylation is 1. The van der Waals surface area contributed by atoms with E-state index < -0.39 is 28.9 Å². The Hall–Kier alpha value is -3.15. The zero-order chi connectivity index (χ0) is 28.1. The topological polar surface area (TPSA) is 95.0 Å². The molecule has 0 unspecified atom stereocenters. The lowest BCUT2D eigenvalue weighted by Gasteiger charge is -2.30. The van der Waals surface area contributed by atoms with Gasteiger partial charge in [-0.05, 0) is 39.8 Å². The Morgan fingerprint density at radius 2 is 1.74 bits per heavy atom. The van der Waals surface area contributed by atoms with Crippen LogP contribution in [0.5, 0.6) is 11.5 Å². The van der Waals surface area contributed by atoms with E-state index in [0.29, 0.717) is 53.9 Å². The molecule has 0 amide bonds. The molecule has 0 bridgehead atoms. The number of nitrogens with one attached hydrogen (secondary N) is 1. The summed E-state index contributed by atoms with van der Waals surface area (Å²) in [7, 11) is 3.10. The number of fused-ring (bicyclic) bond motifs is 1. The lowest BCUT2D eigenvalue weighted by atomic mass is 9.91. The number of anilines is 1. The SMILES string of the molecule is COCCOCCOc1cc2c(N[C@H](C)c3cccc(C(F)(F)C(C)(C)O)c3F)nc(C)nc2cc1OC. The van der Waals surface area contributed by atoms with E-state index in [-0.39, 0.29) is 12.2 Å². The molecule has 1 atom stereocenters. The quantitative estimate of drug-likeness (QED) is 0.289. The van der Waals surface area contributed by atoms with Crippen LogP contribution in [-0.4, -0.2) is 61.3 Å². The molecule has 38 heavy (non-hydrogen) atoms. The van der Waals surface area contributed by atoms with Gasteiger partial charge in [0, 0.05) is 24.1 Å². The molecule has 1 heterocycles. The normalized spacial score (nSPS) is 13.0. The summed E-state index contributed by atoms with van der Waals surface area (Å²) >= 11 is 0. The number of alkyl halides is 2. The van der Waals surface area contributed by atoms with E-state index in [1.54, 1.807) is 33.1 Å². The maximum absolute atomic E-state index is 15.3. The highest BCUT2D eigenvalue weighted by Crippen LogP contribution is 2.41. The van der Waals surface area contributed by atoms with Crippen molar-refractivity contribution in [2.45, 2.75) is 45.3 Å². The summed E-state index contributed by atoms with van der Waals surface area (Å²) in [5.74, 6) is -3.22. The number of methoxy groups -OCH3 is 2. The van der Waals surface area contributed by atoms with Crippen molar-refractivity contribution in [2.24, 2.45) is 0 Å². The molecule has 0 saturated carbocycles. The highest BCUT2D eigenvalue weighted by atomic mass is 19.3. The molecule has 0 saturated heterocycles. The van der Waals surface area contributed by atoms with Crippen molar-refractivity contribution in [3.05, 3.63) is 53.1 Å². The lowest BCUT2D eigenvalue weighted by Crippen LogP contribution is -2.41. The number of nitrogens with zero attached hydrogens (tertiary/aromatic N) is 2. The minimum absolute atomic E-state index is 0.00552. The number of rotatable bonds is 13. The van der Waals surface area contributed by atoms with E-state index in [1.807, 2.05) is 0 Å². The number of benzene rings is 2. The Labute approximate surface area is 220 Å². The van der Waals surface area contributed by atoms with Crippen LogP contribution in [-0.2, 0) is 15.4 Å². The molecule has 3 rings (SSSR count). The van der Waals surface area contributed by atoms with Crippen LogP contribution in [0.2, 0.25) is 0 Å². The summed E-state index contributed by atoms with van der Waals surface area (Å²) in [6, 6.07) is 6.36. The van der Waals surface area contributed by atoms with Gasteiger partial charge in [-0.3, -0.25) is 0 Å². The zero-order valence-corrected chi connectivity index (χ0v) is 22.4. The molecule has 8 nitrogen and oxygen atoms in total. The van der Waals surface area contributed by atoms with Gasteiger partial charge in [0.15, 0.2) is 11.5 Å². The van der Waals surface area contributed by atoms with Crippen LogP contribution in [0.3, 0.4) is 0 Å². The van der Waals surface area contributed by atoms with Crippen LogP contribution < -0.4 is 14.8 Å². The molecule has 0 radical (unpaired) electrons. The predicted molar refractivity (Wildman–Crippen MR) is 138 cm³/mol. The van der Waals surface area contributed by atoms with Crippen LogP contribution >= 0.6 is 0 Å². The van der Waals surface area contributed by atoms with Gasteiger partial charge >= 0.3 is 5.92 Å². The van der Waals surface area contributed by atoms with Gasteiger partial charge in [0.05, 0.1) is 44.1 Å². The third kappa shape index (κ3) is 6.46. The summed E-state index contributed by atoms with van der Waals surface area (Å²) < 4.78 is 66.6. The lowest BCUT2D eigenvalue weighted by molar-refractivity contribution is -0.170. The summed E-state index contributed by atoms with van der Waals surface area (Å²) in [6.07, 6.45) is 0. The third-order valence-corrected chi connectivity index (χ3v) is 5.96. The Morgan fingerprint density at radius 1 is 1.03 bits per heavy atom. The fourth-order valence-corrected chi connectivity index (χ4v) is 3.83. The highest BCUT2D eigenvalue weighted by molar-refractivity contribution is 5.92. The minimum Gasteiger partial charge on any atom is -0.493 e. The number of hydrogen-bond acceptors (Lipinski definition) is 8. The zero-order valence-electron chi connectivity index (χ0n) is 22.4. The van der Waals surface area contributed by atoms with E-state index in [2.05, 4.69) is 15.3 Å². The Kier molecular flexibility index (Phi) is 9.40. The number of aliphatic hydroxyl groups is 1. The molecule has 2 aromatic carbocycles. The first-order chi connectivity index (χ1) is 17.9. The van der Waals surface area contributed by atoms with Gasteiger partial charge < -0.3 is 29.4 Å². The second-order valence-corrected chi connectivity index (χ2v) is 9.30. The van der Waals surface area contributed by atoms with Crippen molar-refractivity contribution in [3.8, 4) is 11.5 Å². The van der Waals surface area contributed by atoms with Gasteiger partial charge in [0.1, 0.15) is 29.7 Å². The maximum atomic E-state index is 15.3. The summed E-state index contributed by atoms with van der Waals surface area (Å²) in [5.41, 5.74) is -2.79. The van der Waals surface area contributed by atoms with Crippen LogP contribution in [0.15, 0.2) is 30.3 Å². The van der Waals surface area contributed by atoms with Crippen LogP contribution in [0.4, 0.5) is 19.0 Å². The van der Waals surface area contributed by atoms with Gasteiger partial charge in [-0.15, -0.1) is 0 Å². The molecule has 3 aromatic rings. The maximum Gasteiger partial charge on any atom is 0.303 e. The molecular weight excluding hydrogens is 503 g/mol. The van der Waals surface area contributed by atoms with E-state index in [9.17, 15) is 13.9 Å². The second kappa shape index (κ2) is 12.1. The van der Waals surface area contributed by atoms with Crippen molar-refractivity contribution >= 4 is 16.7 Å². The first-order valence-electron chi connectivity index (χ1n) is 12.1. The van der Waals surface area contributed by atoms with Gasteiger partial charge in [0.2, 0.25) is 0 Å². The fourth-order valence-electron chi connectivity index (χ4n) is 3.83. The minimum atomic E-state index is -3.80. The van der Waals surface area contributed by atoms with Crippen molar-refractivity contribution in [1.29, 1.82) is 0 Å². The second-order valence-electron chi connectivity index (χ2n) is 9.30. The Morgan fingerprint density at radius 3 is 2.39 bits per heavy atom. The van der Waals surface area contributed by atoms with Crippen molar-refractivity contribution in [2.75, 3.05) is 46.0 Å². The summed E-state index contributed by atoms with van der Waals surface area (Å²) in [4.78, 5) is 8.93. The van der Waals surface area contributed by atoms with Crippen LogP contribution in [0.1, 0.15) is 43.8 Å². The third-order valence-electron chi connectivity index (χ3n) is 5.96. The first-order valence-corrected chi connectivity index (χ1v) is 12.1. The molecule has 0 fully saturated rings. The van der Waals surface area contributed by atoms with E-state index >= 15 is 4.39 Å². The van der Waals surface area contributed by atoms with Gasteiger partial charge in [-0.1, -0.05) is 12.1 Å². The van der Waals surface area contributed by atoms with Crippen molar-refractivity contribution in [1.82, 2.24) is 9.97 Å². The number of aromatic nitrogens is 2. The predicted octanol–water partition coefficient (Wildman–Crippen LogP) is 5.16. The number of hydrogen-bond donors (Lipinski definition) is 2. The molecule has 2 N–H and O–H groups in total. The van der Waals surface area contributed by atoms with Gasteiger partial charge in [-0.25, -0.2) is 14.4 Å². The van der Waals surface area contributed by atoms with Crippen molar-refractivity contribution in [3.63, 3.8) is 0 Å². The van der Waals surface area contributed by atoms with Gasteiger partial charge in [0.25, 0.3) is 0 Å². The number of ether oxygens (including phenoxy) is 4. The fraction of sp³-hybridized carbons (Fsp3) is 0.481. The molecule has 208 valence electrons. The molecule has 0 aliphatic heterocycles. The number of halogens is 3. The van der Waals surface area contributed by atoms with Crippen LogP contribution in [0.25, 0.3) is 10.9 Å². The smallest absolute Gasteiger partial charge is 0.303 e. The molecule has 0 aliphatic rings. The summed E-state index contributed by atoms with van der Waals surface area (Å²) in [6.45, 7) is 6.72. The highest BCUT2D eigenvalue weighted by Gasteiger charge is 2.49. The Bertz CT molecular complexity index is 1250. The molecule has 0 aliphatic carbocycles. The molecular formula is C27H34F3N3O5. The van der Waals surface area contributed by atoms with Crippen LogP contribution in [0, 0.1) is 12.7 Å². The molecule has 11 heteroatoms. The largest absolute Gasteiger partial charge is 0.493 e. The van der Waals surface area contributed by atoms with E-state index in [4.69, 9.17) is 18.9 Å². The average molecular weight is 538 g/mol. The Balaban J connectivity index is 1.93. The van der Waals surface area contributed by atoms with E-state index in [0.717, 1.165) is 19.9 Å². The molecule has 0 spiro atoms. The van der Waals surface area contributed by atoms with Crippen molar-refractivity contribution < 1.29 is 37.2 Å². The molecule has 1 aromatic heterocycles. The van der Waals surface area contributed by atoms with E-state index in [1.165, 1.54) is 19.2 Å². The monoisotopic (exact) mass is 537 g/mol. The summed E-state index contributed by atoms with van der Waals surface area (Å²) in [5, 5.41) is 13.6. The standard InChI is InChI=1S/C27H34F3N3O5/c1-16(18-8-7-9-20(24(18)28)27(29,30)26(3,4)34)31-25-19-14-23(38-13-12-37-11-10-35-5)22(36-6)15-21(19)32-17(2)33-25/h7-9,14-16,34H,10-13H2,1-6H3,(H,31,32,33)/t16-/m1/s1. The average Bonchev–Trinajstić information content (AvgIpc) is 2.85. The first kappa shape index (κ1) is 29.4. The van der Waals surface area contributed by atoms with Gasteiger partial charge in [-0.2, -0.15) is 8.78 Å².